The van der Waals surface area contributed by atoms with Crippen LogP contribution in [0.25, 0.3) is 0 Å². The molecule has 6 nitrogen and oxygen atoms in total. The number of carbonyl (C=O) groups excluding carboxylic acids is 2. The first-order chi connectivity index (χ1) is 13.1. The van der Waals surface area contributed by atoms with Gasteiger partial charge in [0, 0.05) is 50.2 Å². The van der Waals surface area contributed by atoms with E-state index in [0.29, 0.717) is 31.0 Å². The van der Waals surface area contributed by atoms with Crippen LogP contribution < -0.4 is 5.32 Å². The maximum absolute atomic E-state index is 13.3. The molecule has 0 radical (unpaired) electrons. The molecule has 3 aliphatic heterocycles. The van der Waals surface area contributed by atoms with Crippen LogP contribution >= 0.6 is 11.6 Å². The van der Waals surface area contributed by atoms with Gasteiger partial charge in [-0.15, -0.1) is 0 Å². The molecular formula is C20H26ClN3O3. The van der Waals surface area contributed by atoms with Crippen molar-refractivity contribution >= 4 is 23.4 Å². The molecule has 7 heteroatoms. The van der Waals surface area contributed by atoms with Crippen molar-refractivity contribution in [2.45, 2.75) is 30.7 Å². The van der Waals surface area contributed by atoms with Crippen molar-refractivity contribution in [3.8, 4) is 0 Å². The fraction of sp³-hybridized carbons (Fsp3) is 0.600. The van der Waals surface area contributed by atoms with Gasteiger partial charge in [0.05, 0.1) is 18.6 Å². The number of morpholine rings is 1. The third kappa shape index (κ3) is 3.58. The molecule has 1 aromatic rings. The van der Waals surface area contributed by atoms with Crippen molar-refractivity contribution in [1.29, 1.82) is 0 Å². The van der Waals surface area contributed by atoms with Crippen molar-refractivity contribution in [3.05, 3.63) is 34.9 Å². The summed E-state index contributed by atoms with van der Waals surface area (Å²) in [6.07, 6.45) is 2.06. The van der Waals surface area contributed by atoms with Gasteiger partial charge in [-0.2, -0.15) is 0 Å². The van der Waals surface area contributed by atoms with Gasteiger partial charge in [0.1, 0.15) is 0 Å². The smallest absolute Gasteiger partial charge is 0.232 e. The molecule has 0 aliphatic carbocycles. The highest BCUT2D eigenvalue weighted by Crippen LogP contribution is 2.45. The minimum Gasteiger partial charge on any atom is -0.379 e. The van der Waals surface area contributed by atoms with Gasteiger partial charge in [-0.25, -0.2) is 0 Å². The SMILES string of the molecule is O=C1CC[C@H]2C[C@@](C(=O)NCCN3CCOCC3)(c3ccccc3Cl)CN12. The summed E-state index contributed by atoms with van der Waals surface area (Å²) < 4.78 is 5.37. The van der Waals surface area contributed by atoms with Crippen LogP contribution in [0.2, 0.25) is 5.02 Å². The summed E-state index contributed by atoms with van der Waals surface area (Å²) >= 11 is 6.48. The van der Waals surface area contributed by atoms with Gasteiger partial charge in [-0.3, -0.25) is 14.5 Å². The minimum absolute atomic E-state index is 0.0222. The van der Waals surface area contributed by atoms with Crippen LogP contribution in [0.3, 0.4) is 0 Å². The number of carbonyl (C=O) groups is 2. The lowest BCUT2D eigenvalue weighted by atomic mass is 9.76. The number of benzene rings is 1. The number of rotatable bonds is 5. The Morgan fingerprint density at radius 1 is 1.30 bits per heavy atom. The number of nitrogens with one attached hydrogen (secondary N) is 1. The van der Waals surface area contributed by atoms with Crippen molar-refractivity contribution in [2.24, 2.45) is 0 Å². The van der Waals surface area contributed by atoms with E-state index in [0.717, 1.165) is 44.8 Å². The highest BCUT2D eigenvalue weighted by molar-refractivity contribution is 6.31. The molecule has 1 N–H and O–H groups in total. The number of halogens is 1. The third-order valence-electron chi connectivity index (χ3n) is 6.12. The topological polar surface area (TPSA) is 61.9 Å². The van der Waals surface area contributed by atoms with Gasteiger partial charge in [0.15, 0.2) is 0 Å². The van der Waals surface area contributed by atoms with E-state index in [4.69, 9.17) is 16.3 Å². The van der Waals surface area contributed by atoms with E-state index < -0.39 is 5.41 Å². The van der Waals surface area contributed by atoms with Crippen molar-refractivity contribution in [1.82, 2.24) is 15.1 Å². The molecule has 1 aromatic carbocycles. The highest BCUT2D eigenvalue weighted by atomic mass is 35.5. The number of ether oxygens (including phenoxy) is 1. The molecule has 0 bridgehead atoms. The molecule has 0 aromatic heterocycles. The van der Waals surface area contributed by atoms with Crippen molar-refractivity contribution in [2.75, 3.05) is 45.9 Å². The Morgan fingerprint density at radius 3 is 2.81 bits per heavy atom. The Labute approximate surface area is 164 Å². The van der Waals surface area contributed by atoms with Crippen LogP contribution in [0.1, 0.15) is 24.8 Å². The summed E-state index contributed by atoms with van der Waals surface area (Å²) in [5.74, 6) is 0.126. The Hall–Kier alpha value is -1.63. The lowest BCUT2D eigenvalue weighted by molar-refractivity contribution is -0.129. The van der Waals surface area contributed by atoms with Gasteiger partial charge in [0.2, 0.25) is 11.8 Å². The Bertz CT molecular complexity index is 722. The third-order valence-corrected chi connectivity index (χ3v) is 6.45. The standard InChI is InChI=1S/C20H26ClN3O3/c21-17-4-2-1-3-16(17)20(13-15-5-6-18(25)24(15)14-20)19(26)22-7-8-23-9-11-27-12-10-23/h1-4,15H,5-14H2,(H,22,26)/t15-,20-/m0/s1. The summed E-state index contributed by atoms with van der Waals surface area (Å²) in [5.41, 5.74) is 0.0714. The normalized spacial score (nSPS) is 28.4. The van der Waals surface area contributed by atoms with Crippen LogP contribution in [0, 0.1) is 0 Å². The summed E-state index contributed by atoms with van der Waals surface area (Å²) in [5, 5.41) is 3.72. The lowest BCUT2D eigenvalue weighted by Gasteiger charge is -2.31. The van der Waals surface area contributed by atoms with Crippen LogP contribution in [0.4, 0.5) is 0 Å². The molecule has 3 aliphatic rings. The molecular weight excluding hydrogens is 366 g/mol. The maximum atomic E-state index is 13.3. The lowest BCUT2D eigenvalue weighted by Crippen LogP contribution is -2.49. The fourth-order valence-electron chi connectivity index (χ4n) is 4.63. The minimum atomic E-state index is -0.760. The van der Waals surface area contributed by atoms with Crippen molar-refractivity contribution < 1.29 is 14.3 Å². The molecule has 4 rings (SSSR count). The second-order valence-electron chi connectivity index (χ2n) is 7.69. The molecule has 3 fully saturated rings. The van der Waals surface area contributed by atoms with Crippen LogP contribution in [0.5, 0.6) is 0 Å². The molecule has 0 spiro atoms. The van der Waals surface area contributed by atoms with E-state index in [2.05, 4.69) is 10.2 Å². The zero-order valence-corrected chi connectivity index (χ0v) is 16.2. The van der Waals surface area contributed by atoms with Gasteiger partial charge >= 0.3 is 0 Å². The van der Waals surface area contributed by atoms with E-state index in [-0.39, 0.29) is 17.9 Å². The quantitative estimate of drug-likeness (QED) is 0.824. The number of hydrogen-bond acceptors (Lipinski definition) is 4. The number of hydrogen-bond donors (Lipinski definition) is 1. The second-order valence-corrected chi connectivity index (χ2v) is 8.10. The average Bonchev–Trinajstić information content (AvgIpc) is 3.23. The van der Waals surface area contributed by atoms with E-state index in [1.54, 1.807) is 0 Å². The first-order valence-corrected chi connectivity index (χ1v) is 10.1. The molecule has 3 heterocycles. The molecule has 27 heavy (non-hydrogen) atoms. The van der Waals surface area contributed by atoms with Gasteiger partial charge < -0.3 is 15.0 Å². The molecule has 0 unspecified atom stereocenters. The average molecular weight is 392 g/mol. The zero-order chi connectivity index (χ0) is 18.9. The molecule has 0 saturated carbocycles. The molecule has 2 amide bonds. The maximum Gasteiger partial charge on any atom is 0.232 e. The number of fused-ring (bicyclic) bond motifs is 1. The first-order valence-electron chi connectivity index (χ1n) is 9.73. The van der Waals surface area contributed by atoms with E-state index >= 15 is 0 Å². The van der Waals surface area contributed by atoms with Crippen LogP contribution in [-0.4, -0.2) is 73.6 Å². The Morgan fingerprint density at radius 2 is 2.07 bits per heavy atom. The van der Waals surface area contributed by atoms with Crippen LogP contribution in [0.15, 0.2) is 24.3 Å². The largest absolute Gasteiger partial charge is 0.379 e. The number of amides is 2. The van der Waals surface area contributed by atoms with Crippen LogP contribution in [-0.2, 0) is 19.7 Å². The van der Waals surface area contributed by atoms with Gasteiger partial charge in [-0.1, -0.05) is 29.8 Å². The second kappa shape index (κ2) is 7.78. The number of nitrogens with zero attached hydrogens (tertiary/aromatic N) is 2. The van der Waals surface area contributed by atoms with Gasteiger partial charge in [0.25, 0.3) is 0 Å². The monoisotopic (exact) mass is 391 g/mol. The molecule has 3 saturated heterocycles. The predicted octanol–water partition coefficient (Wildman–Crippen LogP) is 1.42. The Balaban J connectivity index is 1.51. The summed E-state index contributed by atoms with van der Waals surface area (Å²) in [7, 11) is 0. The summed E-state index contributed by atoms with van der Waals surface area (Å²) in [4.78, 5) is 29.8. The Kier molecular flexibility index (Phi) is 5.39. The first kappa shape index (κ1) is 18.7. The van der Waals surface area contributed by atoms with Gasteiger partial charge in [-0.05, 0) is 24.5 Å². The van der Waals surface area contributed by atoms with Crippen molar-refractivity contribution in [3.63, 3.8) is 0 Å². The van der Waals surface area contributed by atoms with E-state index in [9.17, 15) is 9.59 Å². The zero-order valence-electron chi connectivity index (χ0n) is 15.5. The highest BCUT2D eigenvalue weighted by Gasteiger charge is 2.54. The fourth-order valence-corrected chi connectivity index (χ4v) is 4.95. The predicted molar refractivity (Wildman–Crippen MR) is 103 cm³/mol. The molecule has 146 valence electrons. The van der Waals surface area contributed by atoms with E-state index in [1.165, 1.54) is 0 Å². The molecule has 2 atom stereocenters. The summed E-state index contributed by atoms with van der Waals surface area (Å²) in [6.45, 7) is 5.10. The van der Waals surface area contributed by atoms with E-state index in [1.807, 2.05) is 29.2 Å². The summed E-state index contributed by atoms with van der Waals surface area (Å²) in [6, 6.07) is 7.67.